The number of ether oxygens (including phenoxy) is 2. The highest BCUT2D eigenvalue weighted by molar-refractivity contribution is 7.15. The molecule has 0 spiro atoms. The number of anilines is 1. The van der Waals surface area contributed by atoms with Gasteiger partial charge in [0.05, 0.1) is 12.3 Å². The fourth-order valence-corrected chi connectivity index (χ4v) is 4.17. The van der Waals surface area contributed by atoms with Gasteiger partial charge in [0.1, 0.15) is 6.61 Å². The smallest absolute Gasteiger partial charge is 0.255 e. The van der Waals surface area contributed by atoms with Gasteiger partial charge in [0.2, 0.25) is 0 Å². The van der Waals surface area contributed by atoms with Crippen molar-refractivity contribution in [1.82, 2.24) is 14.4 Å². The molecular weight excluding hydrogens is 448 g/mol. The number of imidazole rings is 1. The maximum absolute atomic E-state index is 12.9. The van der Waals surface area contributed by atoms with Crippen LogP contribution in [0.4, 0.5) is 5.69 Å². The van der Waals surface area contributed by atoms with E-state index in [1.807, 2.05) is 65.5 Å². The van der Waals surface area contributed by atoms with Crippen LogP contribution in [0.1, 0.15) is 22.8 Å². The molecule has 0 fully saturated rings. The molecule has 3 aromatic heterocycles. The first-order valence-corrected chi connectivity index (χ1v) is 11.7. The molecular formula is C26H22N4O3S. The monoisotopic (exact) mass is 470 g/mol. The zero-order valence-electron chi connectivity index (χ0n) is 18.5. The minimum Gasteiger partial charge on any atom is -0.490 e. The summed E-state index contributed by atoms with van der Waals surface area (Å²) in [6.07, 6.45) is 7.42. The van der Waals surface area contributed by atoms with Crippen molar-refractivity contribution in [1.29, 1.82) is 0 Å². The number of aromatic nitrogens is 3. The molecule has 1 N–H and O–H groups in total. The molecule has 0 bridgehead atoms. The van der Waals surface area contributed by atoms with Crippen LogP contribution in [0.25, 0.3) is 16.2 Å². The van der Waals surface area contributed by atoms with Crippen LogP contribution in [-0.4, -0.2) is 26.9 Å². The SMILES string of the molecule is CCOc1cc(C(=O)Nc2ccc(-c3cn4ccsc4n3)cc2)ccc1OCc1ccncc1. The topological polar surface area (TPSA) is 77.8 Å². The predicted octanol–water partition coefficient (Wildman–Crippen LogP) is 5.69. The molecule has 1 amide bonds. The van der Waals surface area contributed by atoms with E-state index >= 15 is 0 Å². The summed E-state index contributed by atoms with van der Waals surface area (Å²) < 4.78 is 13.6. The summed E-state index contributed by atoms with van der Waals surface area (Å²) in [7, 11) is 0. The molecule has 0 radical (unpaired) electrons. The number of carbonyl (C=O) groups excluding carboxylic acids is 1. The van der Waals surface area contributed by atoms with Gasteiger partial charge in [-0.1, -0.05) is 12.1 Å². The summed E-state index contributed by atoms with van der Waals surface area (Å²) in [5.41, 5.74) is 4.07. The van der Waals surface area contributed by atoms with Crippen LogP contribution in [0.3, 0.4) is 0 Å². The van der Waals surface area contributed by atoms with Gasteiger partial charge in [-0.25, -0.2) is 4.98 Å². The van der Waals surface area contributed by atoms with Crippen molar-refractivity contribution in [3.63, 3.8) is 0 Å². The highest BCUT2D eigenvalue weighted by atomic mass is 32.1. The molecule has 5 aromatic rings. The number of amides is 1. The summed E-state index contributed by atoms with van der Waals surface area (Å²) >= 11 is 1.59. The first kappa shape index (κ1) is 21.7. The number of nitrogens with zero attached hydrogens (tertiary/aromatic N) is 3. The summed E-state index contributed by atoms with van der Waals surface area (Å²) in [4.78, 5) is 22.4. The third kappa shape index (κ3) is 4.77. The Morgan fingerprint density at radius 3 is 2.62 bits per heavy atom. The fraction of sp³-hybridized carbons (Fsp3) is 0.115. The normalized spacial score (nSPS) is 10.9. The molecule has 0 aliphatic carbocycles. The maximum atomic E-state index is 12.9. The number of nitrogens with one attached hydrogen (secondary N) is 1. The Hall–Kier alpha value is -4.17. The highest BCUT2D eigenvalue weighted by Gasteiger charge is 2.13. The van der Waals surface area contributed by atoms with E-state index in [4.69, 9.17) is 9.47 Å². The Morgan fingerprint density at radius 2 is 1.85 bits per heavy atom. The van der Waals surface area contributed by atoms with Crippen molar-refractivity contribution < 1.29 is 14.3 Å². The lowest BCUT2D eigenvalue weighted by Crippen LogP contribution is -2.12. The Labute approximate surface area is 200 Å². The van der Waals surface area contributed by atoms with Gasteiger partial charge in [0, 0.05) is 47.0 Å². The summed E-state index contributed by atoms with van der Waals surface area (Å²) in [5.74, 6) is 0.885. The van der Waals surface area contributed by atoms with Crippen LogP contribution in [0, 0.1) is 0 Å². The number of fused-ring (bicyclic) bond motifs is 1. The van der Waals surface area contributed by atoms with E-state index in [1.54, 1.807) is 41.9 Å². The van der Waals surface area contributed by atoms with E-state index in [0.717, 1.165) is 21.8 Å². The fourth-order valence-electron chi connectivity index (χ4n) is 3.47. The van der Waals surface area contributed by atoms with Gasteiger partial charge in [-0.3, -0.25) is 14.2 Å². The van der Waals surface area contributed by atoms with E-state index in [1.165, 1.54) is 0 Å². The van der Waals surface area contributed by atoms with Crippen LogP contribution in [0.2, 0.25) is 0 Å². The number of hydrogen-bond donors (Lipinski definition) is 1. The molecule has 2 aromatic carbocycles. The van der Waals surface area contributed by atoms with Crippen LogP contribution < -0.4 is 14.8 Å². The van der Waals surface area contributed by atoms with Gasteiger partial charge in [-0.05, 0) is 55.0 Å². The largest absolute Gasteiger partial charge is 0.490 e. The molecule has 34 heavy (non-hydrogen) atoms. The average molecular weight is 471 g/mol. The molecule has 0 aliphatic rings. The Balaban J connectivity index is 1.27. The van der Waals surface area contributed by atoms with Gasteiger partial charge in [-0.15, -0.1) is 11.3 Å². The van der Waals surface area contributed by atoms with Crippen molar-refractivity contribution in [2.45, 2.75) is 13.5 Å². The van der Waals surface area contributed by atoms with Crippen LogP contribution in [0.15, 0.2) is 84.8 Å². The molecule has 0 aliphatic heterocycles. The Kier molecular flexibility index (Phi) is 6.22. The number of carbonyl (C=O) groups is 1. The third-order valence-electron chi connectivity index (χ3n) is 5.18. The summed E-state index contributed by atoms with van der Waals surface area (Å²) in [6.45, 7) is 2.74. The van der Waals surface area contributed by atoms with Gasteiger partial charge in [0.25, 0.3) is 5.91 Å². The minimum atomic E-state index is -0.225. The second kappa shape index (κ2) is 9.76. The molecule has 8 heteroatoms. The molecule has 0 atom stereocenters. The van der Waals surface area contributed by atoms with E-state index in [-0.39, 0.29) is 5.91 Å². The van der Waals surface area contributed by atoms with Crippen molar-refractivity contribution in [2.75, 3.05) is 11.9 Å². The molecule has 0 saturated carbocycles. The van der Waals surface area contributed by atoms with Crippen molar-refractivity contribution in [3.05, 3.63) is 95.9 Å². The zero-order chi connectivity index (χ0) is 23.3. The van der Waals surface area contributed by atoms with Crippen LogP contribution in [-0.2, 0) is 6.61 Å². The van der Waals surface area contributed by atoms with E-state index in [9.17, 15) is 4.79 Å². The average Bonchev–Trinajstić information content (AvgIpc) is 3.47. The first-order valence-electron chi connectivity index (χ1n) is 10.8. The summed E-state index contributed by atoms with van der Waals surface area (Å²) in [6, 6.07) is 16.6. The number of benzene rings is 2. The van der Waals surface area contributed by atoms with E-state index in [0.29, 0.717) is 36.0 Å². The lowest BCUT2D eigenvalue weighted by Gasteiger charge is -2.13. The van der Waals surface area contributed by atoms with Gasteiger partial charge < -0.3 is 14.8 Å². The first-order chi connectivity index (χ1) is 16.7. The van der Waals surface area contributed by atoms with Crippen LogP contribution in [0.5, 0.6) is 11.5 Å². The van der Waals surface area contributed by atoms with Crippen molar-refractivity contribution in [3.8, 4) is 22.8 Å². The molecule has 0 saturated heterocycles. The number of pyridine rings is 1. The Morgan fingerprint density at radius 1 is 1.03 bits per heavy atom. The van der Waals surface area contributed by atoms with Gasteiger partial charge in [0.15, 0.2) is 16.5 Å². The number of hydrogen-bond acceptors (Lipinski definition) is 6. The standard InChI is InChI=1S/C26H22N4O3S/c1-2-32-24-15-20(5-8-23(24)33-17-18-9-11-27-12-10-18)25(31)28-21-6-3-19(4-7-21)22-16-30-13-14-34-26(30)29-22/h3-16H,2,17H2,1H3,(H,28,31). The predicted molar refractivity (Wildman–Crippen MR) is 133 cm³/mol. The molecule has 0 unspecified atom stereocenters. The molecule has 170 valence electrons. The summed E-state index contributed by atoms with van der Waals surface area (Å²) in [5, 5.41) is 4.94. The quantitative estimate of drug-likeness (QED) is 0.315. The van der Waals surface area contributed by atoms with E-state index < -0.39 is 0 Å². The van der Waals surface area contributed by atoms with Gasteiger partial charge >= 0.3 is 0 Å². The van der Waals surface area contributed by atoms with E-state index in [2.05, 4.69) is 15.3 Å². The van der Waals surface area contributed by atoms with Crippen molar-refractivity contribution >= 4 is 27.9 Å². The second-order valence-electron chi connectivity index (χ2n) is 7.49. The Bertz CT molecular complexity index is 1380. The molecule has 7 nitrogen and oxygen atoms in total. The zero-order valence-corrected chi connectivity index (χ0v) is 19.3. The third-order valence-corrected chi connectivity index (χ3v) is 5.95. The van der Waals surface area contributed by atoms with Crippen molar-refractivity contribution in [2.24, 2.45) is 0 Å². The lowest BCUT2D eigenvalue weighted by atomic mass is 10.1. The van der Waals surface area contributed by atoms with Gasteiger partial charge in [-0.2, -0.15) is 0 Å². The maximum Gasteiger partial charge on any atom is 0.255 e. The second-order valence-corrected chi connectivity index (χ2v) is 8.36. The highest BCUT2D eigenvalue weighted by Crippen LogP contribution is 2.30. The van der Waals surface area contributed by atoms with Crippen LogP contribution >= 0.6 is 11.3 Å². The number of thiazole rings is 1. The molecule has 5 rings (SSSR count). The lowest BCUT2D eigenvalue weighted by molar-refractivity contribution is 0.102. The minimum absolute atomic E-state index is 0.225. The number of rotatable bonds is 8. The molecule has 3 heterocycles.